The molecule has 8 nitrogen and oxygen atoms in total. The summed E-state index contributed by atoms with van der Waals surface area (Å²) in [5.74, 6) is 1.61. The van der Waals surface area contributed by atoms with Crippen molar-refractivity contribution in [2.45, 2.75) is 31.7 Å². The zero-order chi connectivity index (χ0) is 18.4. The molecule has 27 heavy (non-hydrogen) atoms. The fourth-order valence-electron chi connectivity index (χ4n) is 4.20. The van der Waals surface area contributed by atoms with Gasteiger partial charge in [0.05, 0.1) is 24.1 Å². The van der Waals surface area contributed by atoms with Gasteiger partial charge in [-0.2, -0.15) is 5.26 Å². The van der Waals surface area contributed by atoms with Crippen LogP contribution in [-0.4, -0.2) is 35.4 Å². The maximum Gasteiger partial charge on any atom is 0.158 e. The van der Waals surface area contributed by atoms with Crippen LogP contribution >= 0.6 is 0 Å². The summed E-state index contributed by atoms with van der Waals surface area (Å²) in [7, 11) is 0. The highest BCUT2D eigenvalue weighted by Gasteiger charge is 2.34. The van der Waals surface area contributed by atoms with Gasteiger partial charge in [0.2, 0.25) is 0 Å². The molecule has 4 aromatic rings. The molecule has 134 valence electrons. The van der Waals surface area contributed by atoms with E-state index in [0.29, 0.717) is 29.4 Å². The molecule has 0 bridgehead atoms. The minimum Gasteiger partial charge on any atom is -0.366 e. The molecular formula is C19H18N8. The number of H-pyrrole nitrogens is 1. The average Bonchev–Trinajstić information content (AvgIpc) is 3.39. The van der Waals surface area contributed by atoms with Gasteiger partial charge in [0.15, 0.2) is 17.0 Å². The van der Waals surface area contributed by atoms with Crippen LogP contribution in [0.2, 0.25) is 0 Å². The quantitative estimate of drug-likeness (QED) is 0.583. The molecule has 1 fully saturated rings. The van der Waals surface area contributed by atoms with Crippen LogP contribution in [0.4, 0.5) is 5.82 Å². The lowest BCUT2D eigenvalue weighted by Gasteiger charge is -2.15. The molecule has 4 heterocycles. The first-order valence-electron chi connectivity index (χ1n) is 9.01. The van der Waals surface area contributed by atoms with Gasteiger partial charge in [0.25, 0.3) is 0 Å². The molecule has 1 aliphatic carbocycles. The van der Waals surface area contributed by atoms with Gasteiger partial charge in [-0.15, -0.1) is 0 Å². The molecule has 8 heteroatoms. The molecule has 2 N–H and O–H groups in total. The summed E-state index contributed by atoms with van der Waals surface area (Å²) < 4.78 is 2.21. The minimum atomic E-state index is 0.307. The summed E-state index contributed by atoms with van der Waals surface area (Å²) in [6.45, 7) is 2.28. The lowest BCUT2D eigenvalue weighted by atomic mass is 9.95. The van der Waals surface area contributed by atoms with E-state index >= 15 is 0 Å². The number of nitriles is 1. The van der Waals surface area contributed by atoms with Crippen molar-refractivity contribution in [2.24, 2.45) is 5.92 Å². The van der Waals surface area contributed by atoms with Gasteiger partial charge >= 0.3 is 0 Å². The van der Waals surface area contributed by atoms with Gasteiger partial charge in [0, 0.05) is 30.0 Å². The standard InChI is InChI=1S/C19H18N8/c1-11-4-12(26-17-9-22-13(6-20)7-23-17)5-14(11)16-8-24-18-10-25-19-15(27(16)18)2-3-21-19/h2-3,7-12,14,21H,4-5H2,1H3,(H,23,26)/t11-,12+,14-/m0/s1. The number of nitrogens with zero attached hydrogens (tertiary/aromatic N) is 6. The van der Waals surface area contributed by atoms with Gasteiger partial charge < -0.3 is 10.3 Å². The molecular weight excluding hydrogens is 340 g/mol. The van der Waals surface area contributed by atoms with Crippen LogP contribution in [0.1, 0.15) is 37.1 Å². The number of aromatic amines is 1. The second kappa shape index (κ2) is 6.06. The van der Waals surface area contributed by atoms with Crippen LogP contribution in [0.15, 0.2) is 37.1 Å². The van der Waals surface area contributed by atoms with Crippen molar-refractivity contribution in [2.75, 3.05) is 5.32 Å². The number of anilines is 1. The highest BCUT2D eigenvalue weighted by Crippen LogP contribution is 2.41. The third-order valence-corrected chi connectivity index (χ3v) is 5.45. The monoisotopic (exact) mass is 358 g/mol. The predicted octanol–water partition coefficient (Wildman–Crippen LogP) is 2.87. The van der Waals surface area contributed by atoms with Crippen molar-refractivity contribution < 1.29 is 0 Å². The molecule has 3 atom stereocenters. The molecule has 1 aliphatic rings. The summed E-state index contributed by atoms with van der Waals surface area (Å²) in [6.07, 6.45) is 10.9. The molecule has 0 unspecified atom stereocenters. The van der Waals surface area contributed by atoms with E-state index in [2.05, 4.69) is 41.6 Å². The van der Waals surface area contributed by atoms with Crippen LogP contribution in [0.25, 0.3) is 16.8 Å². The summed E-state index contributed by atoms with van der Waals surface area (Å²) in [6, 6.07) is 4.34. The summed E-state index contributed by atoms with van der Waals surface area (Å²) in [5.41, 5.74) is 4.35. The second-order valence-corrected chi connectivity index (χ2v) is 7.14. The zero-order valence-electron chi connectivity index (χ0n) is 14.8. The van der Waals surface area contributed by atoms with Crippen molar-refractivity contribution in [3.8, 4) is 6.07 Å². The lowest BCUT2D eigenvalue weighted by Crippen LogP contribution is -2.16. The van der Waals surface area contributed by atoms with Crippen molar-refractivity contribution >= 4 is 22.6 Å². The second-order valence-electron chi connectivity index (χ2n) is 7.14. The van der Waals surface area contributed by atoms with Crippen LogP contribution < -0.4 is 5.32 Å². The number of nitrogens with one attached hydrogen (secondary N) is 2. The molecule has 0 spiro atoms. The summed E-state index contributed by atoms with van der Waals surface area (Å²) in [5, 5.41) is 12.3. The summed E-state index contributed by atoms with van der Waals surface area (Å²) in [4.78, 5) is 20.5. The first-order valence-corrected chi connectivity index (χ1v) is 9.01. The smallest absolute Gasteiger partial charge is 0.158 e. The zero-order valence-corrected chi connectivity index (χ0v) is 14.8. The normalized spacial score (nSPS) is 22.3. The average molecular weight is 358 g/mol. The summed E-state index contributed by atoms with van der Waals surface area (Å²) >= 11 is 0. The Hall–Kier alpha value is -3.47. The number of fused-ring (bicyclic) bond motifs is 3. The molecule has 0 radical (unpaired) electrons. The van der Waals surface area contributed by atoms with Crippen molar-refractivity contribution in [1.29, 1.82) is 5.26 Å². The Morgan fingerprint density at radius 2 is 2.07 bits per heavy atom. The first kappa shape index (κ1) is 15.8. The van der Waals surface area contributed by atoms with E-state index < -0.39 is 0 Å². The molecule has 5 rings (SSSR count). The lowest BCUT2D eigenvalue weighted by molar-refractivity contribution is 0.520. The maximum absolute atomic E-state index is 8.85. The Morgan fingerprint density at radius 1 is 1.15 bits per heavy atom. The first-order chi connectivity index (χ1) is 13.2. The van der Waals surface area contributed by atoms with Gasteiger partial charge in [-0.05, 0) is 24.8 Å². The van der Waals surface area contributed by atoms with E-state index in [1.54, 1.807) is 6.20 Å². The molecule has 1 saturated carbocycles. The van der Waals surface area contributed by atoms with Crippen LogP contribution in [0, 0.1) is 17.2 Å². The Morgan fingerprint density at radius 3 is 2.89 bits per heavy atom. The Kier molecular flexibility index (Phi) is 3.53. The third-order valence-electron chi connectivity index (χ3n) is 5.45. The largest absolute Gasteiger partial charge is 0.366 e. The fourth-order valence-corrected chi connectivity index (χ4v) is 4.20. The maximum atomic E-state index is 8.85. The molecule has 0 aromatic carbocycles. The number of rotatable bonds is 3. The fraction of sp³-hybridized carbons (Fsp3) is 0.316. The predicted molar refractivity (Wildman–Crippen MR) is 100 cm³/mol. The van der Waals surface area contributed by atoms with E-state index in [1.807, 2.05) is 30.7 Å². The Bertz CT molecular complexity index is 1150. The van der Waals surface area contributed by atoms with Crippen LogP contribution in [0.3, 0.4) is 0 Å². The van der Waals surface area contributed by atoms with Crippen molar-refractivity contribution in [3.05, 3.63) is 48.4 Å². The van der Waals surface area contributed by atoms with Gasteiger partial charge in [-0.25, -0.2) is 19.9 Å². The number of imidazole rings is 1. The van der Waals surface area contributed by atoms with Gasteiger partial charge in [-0.3, -0.25) is 4.40 Å². The topological polar surface area (TPSA) is 108 Å². The third kappa shape index (κ3) is 2.59. The van der Waals surface area contributed by atoms with Gasteiger partial charge in [-0.1, -0.05) is 6.92 Å². The number of hydrogen-bond acceptors (Lipinski definition) is 6. The molecule has 0 aliphatic heterocycles. The molecule has 0 saturated heterocycles. The van der Waals surface area contributed by atoms with Crippen molar-refractivity contribution in [3.63, 3.8) is 0 Å². The molecule has 4 aromatic heterocycles. The van der Waals surface area contributed by atoms with Crippen LogP contribution in [-0.2, 0) is 0 Å². The highest BCUT2D eigenvalue weighted by atomic mass is 15.1. The minimum absolute atomic E-state index is 0.307. The van der Waals surface area contributed by atoms with Crippen LogP contribution in [0.5, 0.6) is 0 Å². The Balaban J connectivity index is 1.43. The number of hydrogen-bond donors (Lipinski definition) is 2. The van der Waals surface area contributed by atoms with E-state index in [4.69, 9.17) is 5.26 Å². The SMILES string of the molecule is C[C@H]1C[C@@H](Nc2cnc(C#N)cn2)C[C@@H]1c1cnc2cnc3[nH]ccc3n12. The highest BCUT2D eigenvalue weighted by molar-refractivity contribution is 5.74. The van der Waals surface area contributed by atoms with Gasteiger partial charge in [0.1, 0.15) is 11.9 Å². The number of aromatic nitrogens is 6. The van der Waals surface area contributed by atoms with E-state index in [0.717, 1.165) is 29.7 Å². The Labute approximate surface area is 155 Å². The van der Waals surface area contributed by atoms with E-state index in [1.165, 1.54) is 11.9 Å². The van der Waals surface area contributed by atoms with Crippen molar-refractivity contribution in [1.82, 2.24) is 29.3 Å². The van der Waals surface area contributed by atoms with E-state index in [9.17, 15) is 0 Å². The molecule has 0 amide bonds. The van der Waals surface area contributed by atoms with E-state index in [-0.39, 0.29) is 0 Å².